The molecule has 110 valence electrons. The zero-order valence-electron chi connectivity index (χ0n) is 12.3. The predicted octanol–water partition coefficient (Wildman–Crippen LogP) is 2.44. The number of Topliss-reactive ketones (excluding diaryl/α,β-unsaturated/α-hetero) is 1. The summed E-state index contributed by atoms with van der Waals surface area (Å²) in [5.74, 6) is 0.734. The standard InChI is InChI=1S/C16H19N3O2/c1-3-19-12(9-11(2)18-19)10-15(20)13-5-4-6-14-16(13)21-8-7-17-14/h4-6,9,17H,3,7-8,10H2,1-2H3. The Morgan fingerprint density at radius 2 is 2.33 bits per heavy atom. The molecule has 21 heavy (non-hydrogen) atoms. The molecular weight excluding hydrogens is 266 g/mol. The topological polar surface area (TPSA) is 56.2 Å². The lowest BCUT2D eigenvalue weighted by molar-refractivity contribution is 0.0986. The van der Waals surface area contributed by atoms with Gasteiger partial charge in [-0.25, -0.2) is 0 Å². The van der Waals surface area contributed by atoms with Gasteiger partial charge in [-0.2, -0.15) is 5.10 Å². The first kappa shape index (κ1) is 13.7. The van der Waals surface area contributed by atoms with Gasteiger partial charge in [-0.3, -0.25) is 9.48 Å². The van der Waals surface area contributed by atoms with Gasteiger partial charge in [-0.15, -0.1) is 0 Å². The van der Waals surface area contributed by atoms with Gasteiger partial charge in [0.2, 0.25) is 0 Å². The van der Waals surface area contributed by atoms with Crippen LogP contribution < -0.4 is 10.1 Å². The molecule has 1 aromatic heterocycles. The van der Waals surface area contributed by atoms with Crippen molar-refractivity contribution in [1.82, 2.24) is 9.78 Å². The van der Waals surface area contributed by atoms with Gasteiger partial charge in [-0.05, 0) is 32.0 Å². The third kappa shape index (κ3) is 2.63. The first-order chi connectivity index (χ1) is 10.2. The lowest BCUT2D eigenvalue weighted by Gasteiger charge is -2.21. The Hall–Kier alpha value is -2.30. The molecule has 0 saturated heterocycles. The number of carbonyl (C=O) groups excluding carboxylic acids is 1. The van der Waals surface area contributed by atoms with Crippen LogP contribution in [0.1, 0.15) is 28.7 Å². The second kappa shape index (κ2) is 5.60. The number of hydrogen-bond donors (Lipinski definition) is 1. The van der Waals surface area contributed by atoms with Crippen molar-refractivity contribution >= 4 is 11.5 Å². The molecule has 3 rings (SSSR count). The molecule has 0 radical (unpaired) electrons. The highest BCUT2D eigenvalue weighted by Gasteiger charge is 2.20. The summed E-state index contributed by atoms with van der Waals surface area (Å²) in [5, 5.41) is 7.64. The quantitative estimate of drug-likeness (QED) is 0.877. The smallest absolute Gasteiger partial charge is 0.172 e. The number of ketones is 1. The molecule has 5 heteroatoms. The summed E-state index contributed by atoms with van der Waals surface area (Å²) in [6.07, 6.45) is 0.342. The maximum atomic E-state index is 12.6. The zero-order chi connectivity index (χ0) is 14.8. The summed E-state index contributed by atoms with van der Waals surface area (Å²) in [4.78, 5) is 12.6. The van der Waals surface area contributed by atoms with Crippen molar-refractivity contribution < 1.29 is 9.53 Å². The first-order valence-electron chi connectivity index (χ1n) is 7.25. The molecule has 1 aliphatic rings. The number of nitrogens with one attached hydrogen (secondary N) is 1. The Balaban J connectivity index is 1.89. The van der Waals surface area contributed by atoms with E-state index in [1.165, 1.54) is 0 Å². The molecule has 1 aliphatic heterocycles. The van der Waals surface area contributed by atoms with Crippen LogP contribution in [-0.2, 0) is 13.0 Å². The van der Waals surface area contributed by atoms with Gasteiger partial charge in [-0.1, -0.05) is 6.07 Å². The largest absolute Gasteiger partial charge is 0.489 e. The average Bonchev–Trinajstić information content (AvgIpc) is 2.86. The molecule has 2 heterocycles. The Morgan fingerprint density at radius 3 is 3.14 bits per heavy atom. The molecule has 0 bridgehead atoms. The van der Waals surface area contributed by atoms with Crippen molar-refractivity contribution in [2.24, 2.45) is 0 Å². The number of benzene rings is 1. The lowest BCUT2D eigenvalue weighted by atomic mass is 10.0. The van der Waals surface area contributed by atoms with Crippen LogP contribution in [0.4, 0.5) is 5.69 Å². The van der Waals surface area contributed by atoms with Crippen LogP contribution in [0.25, 0.3) is 0 Å². The van der Waals surface area contributed by atoms with Gasteiger partial charge < -0.3 is 10.1 Å². The number of rotatable bonds is 4. The average molecular weight is 285 g/mol. The summed E-state index contributed by atoms with van der Waals surface area (Å²) < 4.78 is 7.55. The van der Waals surface area contributed by atoms with Crippen molar-refractivity contribution in [3.63, 3.8) is 0 Å². The van der Waals surface area contributed by atoms with Crippen molar-refractivity contribution in [2.45, 2.75) is 26.8 Å². The molecule has 1 N–H and O–H groups in total. The van der Waals surface area contributed by atoms with Crippen LogP contribution in [0.15, 0.2) is 24.3 Å². The van der Waals surface area contributed by atoms with Crippen LogP contribution in [-0.4, -0.2) is 28.7 Å². The number of anilines is 1. The fraction of sp³-hybridized carbons (Fsp3) is 0.375. The Bertz CT molecular complexity index is 676. The number of fused-ring (bicyclic) bond motifs is 1. The minimum absolute atomic E-state index is 0.0603. The van der Waals surface area contributed by atoms with Crippen LogP contribution >= 0.6 is 0 Å². The highest BCUT2D eigenvalue weighted by molar-refractivity contribution is 6.01. The molecule has 0 aliphatic carbocycles. The molecule has 1 aromatic carbocycles. The number of aromatic nitrogens is 2. The molecule has 5 nitrogen and oxygen atoms in total. The van der Waals surface area contributed by atoms with E-state index in [-0.39, 0.29) is 5.78 Å². The molecule has 0 spiro atoms. The van der Waals surface area contributed by atoms with Crippen molar-refractivity contribution in [3.8, 4) is 5.75 Å². The van der Waals surface area contributed by atoms with Crippen LogP contribution in [0.2, 0.25) is 0 Å². The normalized spacial score (nSPS) is 13.2. The Kier molecular flexibility index (Phi) is 3.64. The summed E-state index contributed by atoms with van der Waals surface area (Å²) in [5.41, 5.74) is 3.42. The van der Waals surface area contributed by atoms with E-state index in [0.29, 0.717) is 24.3 Å². The van der Waals surface area contributed by atoms with Gasteiger partial charge in [0.25, 0.3) is 0 Å². The third-order valence-corrected chi connectivity index (χ3v) is 3.61. The molecule has 0 saturated carbocycles. The molecule has 0 unspecified atom stereocenters. The van der Waals surface area contributed by atoms with E-state index in [0.717, 1.165) is 30.2 Å². The summed E-state index contributed by atoms with van der Waals surface area (Å²) in [7, 11) is 0. The predicted molar refractivity (Wildman–Crippen MR) is 81.1 cm³/mol. The lowest BCUT2D eigenvalue weighted by Crippen LogP contribution is -2.20. The van der Waals surface area contributed by atoms with E-state index >= 15 is 0 Å². The highest BCUT2D eigenvalue weighted by Crippen LogP contribution is 2.32. The molecule has 2 aromatic rings. The zero-order valence-corrected chi connectivity index (χ0v) is 12.3. The number of aryl methyl sites for hydroxylation is 2. The van der Waals surface area contributed by atoms with Crippen LogP contribution in [0.3, 0.4) is 0 Å². The maximum Gasteiger partial charge on any atom is 0.172 e. The van der Waals surface area contributed by atoms with E-state index in [1.807, 2.05) is 42.8 Å². The van der Waals surface area contributed by atoms with E-state index in [1.54, 1.807) is 0 Å². The molecule has 0 amide bonds. The Morgan fingerprint density at radius 1 is 1.48 bits per heavy atom. The van der Waals surface area contributed by atoms with E-state index < -0.39 is 0 Å². The van der Waals surface area contributed by atoms with Gasteiger partial charge in [0.15, 0.2) is 11.5 Å². The van der Waals surface area contributed by atoms with E-state index in [2.05, 4.69) is 10.4 Å². The number of nitrogens with zero attached hydrogens (tertiary/aromatic N) is 2. The SMILES string of the molecule is CCn1nc(C)cc1CC(=O)c1cccc2c1OCCN2. The fourth-order valence-electron chi connectivity index (χ4n) is 2.67. The first-order valence-corrected chi connectivity index (χ1v) is 7.25. The van der Waals surface area contributed by atoms with Gasteiger partial charge >= 0.3 is 0 Å². The van der Waals surface area contributed by atoms with E-state index in [9.17, 15) is 4.79 Å². The second-order valence-electron chi connectivity index (χ2n) is 5.15. The number of ether oxygens (including phenoxy) is 1. The summed E-state index contributed by atoms with van der Waals surface area (Å²) in [6, 6.07) is 7.62. The minimum Gasteiger partial charge on any atom is -0.489 e. The van der Waals surface area contributed by atoms with Gasteiger partial charge in [0.05, 0.1) is 23.4 Å². The third-order valence-electron chi connectivity index (χ3n) is 3.61. The number of carbonyl (C=O) groups is 1. The summed E-state index contributed by atoms with van der Waals surface area (Å²) >= 11 is 0. The van der Waals surface area contributed by atoms with Crippen molar-refractivity contribution in [2.75, 3.05) is 18.5 Å². The van der Waals surface area contributed by atoms with Crippen LogP contribution in [0.5, 0.6) is 5.75 Å². The highest BCUT2D eigenvalue weighted by atomic mass is 16.5. The minimum atomic E-state index is 0.0603. The molecular formula is C16H19N3O2. The van der Waals surface area contributed by atoms with Crippen molar-refractivity contribution in [3.05, 3.63) is 41.2 Å². The molecule has 0 atom stereocenters. The van der Waals surface area contributed by atoms with E-state index in [4.69, 9.17) is 4.74 Å². The monoisotopic (exact) mass is 285 g/mol. The number of hydrogen-bond acceptors (Lipinski definition) is 4. The fourth-order valence-corrected chi connectivity index (χ4v) is 2.67. The van der Waals surface area contributed by atoms with Crippen molar-refractivity contribution in [1.29, 1.82) is 0 Å². The van der Waals surface area contributed by atoms with Gasteiger partial charge in [0, 0.05) is 18.8 Å². The summed E-state index contributed by atoms with van der Waals surface area (Å²) in [6.45, 7) is 6.09. The second-order valence-corrected chi connectivity index (χ2v) is 5.15. The van der Waals surface area contributed by atoms with Crippen LogP contribution in [0, 0.1) is 6.92 Å². The number of para-hydroxylation sites is 1. The molecule has 0 fully saturated rings. The van der Waals surface area contributed by atoms with Gasteiger partial charge in [0.1, 0.15) is 6.61 Å². The Labute approximate surface area is 123 Å². The maximum absolute atomic E-state index is 12.6.